The molecule has 0 aromatic heterocycles. The zero-order valence-electron chi connectivity index (χ0n) is 15.1. The number of carbonyl (C=O) groups excluding carboxylic acids is 1. The van der Waals surface area contributed by atoms with E-state index in [1.54, 1.807) is 0 Å². The normalized spacial score (nSPS) is 15.8. The Morgan fingerprint density at radius 3 is 2.36 bits per heavy atom. The molecule has 0 aliphatic carbocycles. The SMILES string of the molecule is CC(=CC(=O)OC(C)C)CC(O)CC(C)CCCC(C)(C)O. The summed E-state index contributed by atoms with van der Waals surface area (Å²) >= 11 is 0. The summed E-state index contributed by atoms with van der Waals surface area (Å²) < 4.78 is 5.05. The van der Waals surface area contributed by atoms with Crippen molar-refractivity contribution in [3.8, 4) is 0 Å². The Labute approximate surface area is 135 Å². The standard InChI is InChI=1S/C18H34O4/c1-13(2)22-17(20)12-15(4)11-16(19)10-14(3)8-7-9-18(5,6)21/h12-14,16,19,21H,7-11H2,1-6H3. The molecule has 0 rings (SSSR count). The maximum atomic E-state index is 11.5. The molecular formula is C18H34O4. The van der Waals surface area contributed by atoms with Gasteiger partial charge in [-0.05, 0) is 59.8 Å². The highest BCUT2D eigenvalue weighted by atomic mass is 16.5. The van der Waals surface area contributed by atoms with Crippen LogP contribution in [0.25, 0.3) is 0 Å². The Balaban J connectivity index is 4.08. The summed E-state index contributed by atoms with van der Waals surface area (Å²) in [6, 6.07) is 0. The molecule has 130 valence electrons. The van der Waals surface area contributed by atoms with Crippen molar-refractivity contribution in [1.82, 2.24) is 0 Å². The van der Waals surface area contributed by atoms with Crippen molar-refractivity contribution >= 4 is 5.97 Å². The van der Waals surface area contributed by atoms with Crippen molar-refractivity contribution in [1.29, 1.82) is 0 Å². The highest BCUT2D eigenvalue weighted by Gasteiger charge is 2.15. The molecule has 4 heteroatoms. The third kappa shape index (κ3) is 12.8. The van der Waals surface area contributed by atoms with E-state index in [4.69, 9.17) is 4.74 Å². The zero-order valence-corrected chi connectivity index (χ0v) is 15.1. The van der Waals surface area contributed by atoms with E-state index in [1.165, 1.54) is 6.08 Å². The highest BCUT2D eigenvalue weighted by Crippen LogP contribution is 2.21. The van der Waals surface area contributed by atoms with Gasteiger partial charge in [0.05, 0.1) is 17.8 Å². The van der Waals surface area contributed by atoms with Crippen LogP contribution < -0.4 is 0 Å². The van der Waals surface area contributed by atoms with Crippen LogP contribution in [0.4, 0.5) is 0 Å². The van der Waals surface area contributed by atoms with Crippen LogP contribution in [0, 0.1) is 5.92 Å². The molecule has 0 aliphatic heterocycles. The third-order valence-electron chi connectivity index (χ3n) is 3.43. The van der Waals surface area contributed by atoms with Crippen LogP contribution >= 0.6 is 0 Å². The first-order valence-electron chi connectivity index (χ1n) is 8.28. The first kappa shape index (κ1) is 21.1. The fourth-order valence-corrected chi connectivity index (χ4v) is 2.45. The minimum Gasteiger partial charge on any atom is -0.460 e. The summed E-state index contributed by atoms with van der Waals surface area (Å²) in [5.41, 5.74) is 0.218. The Morgan fingerprint density at radius 1 is 1.27 bits per heavy atom. The summed E-state index contributed by atoms with van der Waals surface area (Å²) in [6.45, 7) is 11.2. The molecule has 0 saturated carbocycles. The van der Waals surface area contributed by atoms with Crippen LogP contribution in [0.5, 0.6) is 0 Å². The average Bonchev–Trinajstić information content (AvgIpc) is 2.24. The lowest BCUT2D eigenvalue weighted by Crippen LogP contribution is -2.19. The molecule has 2 atom stereocenters. The molecular weight excluding hydrogens is 280 g/mol. The van der Waals surface area contributed by atoms with Gasteiger partial charge in [0.15, 0.2) is 0 Å². The predicted octanol–water partition coefficient (Wildman–Crippen LogP) is 3.60. The molecule has 0 spiro atoms. The maximum Gasteiger partial charge on any atom is 0.330 e. The van der Waals surface area contributed by atoms with Crippen LogP contribution in [0.1, 0.15) is 73.6 Å². The summed E-state index contributed by atoms with van der Waals surface area (Å²) in [4.78, 5) is 11.5. The second kappa shape index (κ2) is 10.0. The Morgan fingerprint density at radius 2 is 1.86 bits per heavy atom. The molecule has 2 unspecified atom stereocenters. The van der Waals surface area contributed by atoms with Crippen molar-refractivity contribution in [2.45, 2.75) is 91.5 Å². The van der Waals surface area contributed by atoms with Gasteiger partial charge in [0.1, 0.15) is 0 Å². The summed E-state index contributed by atoms with van der Waals surface area (Å²) in [5, 5.41) is 19.8. The Hall–Kier alpha value is -0.870. The molecule has 0 amide bonds. The molecule has 2 N–H and O–H groups in total. The van der Waals surface area contributed by atoms with Gasteiger partial charge in [-0.25, -0.2) is 4.79 Å². The molecule has 0 radical (unpaired) electrons. The number of hydrogen-bond acceptors (Lipinski definition) is 4. The van der Waals surface area contributed by atoms with Crippen LogP contribution in [-0.2, 0) is 9.53 Å². The van der Waals surface area contributed by atoms with Gasteiger partial charge in [-0.2, -0.15) is 0 Å². The van der Waals surface area contributed by atoms with Crippen LogP contribution in [0.15, 0.2) is 11.6 Å². The minimum atomic E-state index is -0.617. The van der Waals surface area contributed by atoms with E-state index < -0.39 is 11.7 Å². The molecule has 0 fully saturated rings. The zero-order chi connectivity index (χ0) is 17.3. The van der Waals surface area contributed by atoms with E-state index in [1.807, 2.05) is 34.6 Å². The number of aliphatic hydroxyl groups is 2. The minimum absolute atomic E-state index is 0.128. The summed E-state index contributed by atoms with van der Waals surface area (Å²) in [5.74, 6) is 0.0469. The first-order valence-corrected chi connectivity index (χ1v) is 8.28. The monoisotopic (exact) mass is 314 g/mol. The van der Waals surface area contributed by atoms with Crippen LogP contribution in [0.3, 0.4) is 0 Å². The van der Waals surface area contributed by atoms with Crippen molar-refractivity contribution in [2.75, 3.05) is 0 Å². The molecule has 0 aliphatic rings. The Kier molecular flexibility index (Phi) is 9.61. The number of hydrogen-bond donors (Lipinski definition) is 2. The van der Waals surface area contributed by atoms with Gasteiger partial charge in [-0.15, -0.1) is 0 Å². The molecule has 0 bridgehead atoms. The van der Waals surface area contributed by atoms with E-state index >= 15 is 0 Å². The van der Waals surface area contributed by atoms with E-state index in [-0.39, 0.29) is 12.1 Å². The van der Waals surface area contributed by atoms with Gasteiger partial charge in [0.25, 0.3) is 0 Å². The molecule has 22 heavy (non-hydrogen) atoms. The number of aliphatic hydroxyl groups excluding tert-OH is 1. The quantitative estimate of drug-likeness (QED) is 0.477. The highest BCUT2D eigenvalue weighted by molar-refractivity contribution is 5.82. The molecule has 0 saturated heterocycles. The van der Waals surface area contributed by atoms with Gasteiger partial charge >= 0.3 is 5.97 Å². The number of carbonyl (C=O) groups is 1. The van der Waals surface area contributed by atoms with E-state index in [0.717, 1.165) is 24.8 Å². The van der Waals surface area contributed by atoms with E-state index in [9.17, 15) is 15.0 Å². The maximum absolute atomic E-state index is 11.5. The molecule has 0 aromatic rings. The van der Waals surface area contributed by atoms with Crippen LogP contribution in [-0.4, -0.2) is 34.0 Å². The van der Waals surface area contributed by atoms with Crippen molar-refractivity contribution in [3.05, 3.63) is 11.6 Å². The molecule has 0 heterocycles. The van der Waals surface area contributed by atoms with Gasteiger partial charge in [0.2, 0.25) is 0 Å². The van der Waals surface area contributed by atoms with Crippen molar-refractivity contribution in [2.24, 2.45) is 5.92 Å². The van der Waals surface area contributed by atoms with Gasteiger partial charge in [-0.1, -0.05) is 25.3 Å². The largest absolute Gasteiger partial charge is 0.460 e. The average molecular weight is 314 g/mol. The lowest BCUT2D eigenvalue weighted by Gasteiger charge is -2.20. The topological polar surface area (TPSA) is 66.8 Å². The number of ether oxygens (including phenoxy) is 1. The first-order chi connectivity index (χ1) is 9.99. The second-order valence-electron chi connectivity index (χ2n) is 7.38. The van der Waals surface area contributed by atoms with Gasteiger partial charge in [0, 0.05) is 6.08 Å². The molecule has 4 nitrogen and oxygen atoms in total. The summed E-state index contributed by atoms with van der Waals surface area (Å²) in [7, 11) is 0. The van der Waals surface area contributed by atoms with Crippen molar-refractivity contribution < 1.29 is 19.7 Å². The lowest BCUT2D eigenvalue weighted by molar-refractivity contribution is -0.141. The Bertz CT molecular complexity index is 353. The number of rotatable bonds is 10. The molecule has 0 aromatic carbocycles. The fourth-order valence-electron chi connectivity index (χ4n) is 2.45. The van der Waals surface area contributed by atoms with Gasteiger partial charge < -0.3 is 14.9 Å². The van der Waals surface area contributed by atoms with E-state index in [0.29, 0.717) is 18.8 Å². The van der Waals surface area contributed by atoms with Crippen molar-refractivity contribution in [3.63, 3.8) is 0 Å². The number of esters is 1. The van der Waals surface area contributed by atoms with Gasteiger partial charge in [-0.3, -0.25) is 0 Å². The fraction of sp³-hybridized carbons (Fsp3) is 0.833. The second-order valence-corrected chi connectivity index (χ2v) is 7.38. The van der Waals surface area contributed by atoms with E-state index in [2.05, 4.69) is 6.92 Å². The summed E-state index contributed by atoms with van der Waals surface area (Å²) in [6.07, 6.45) is 4.79. The lowest BCUT2D eigenvalue weighted by atomic mass is 9.92. The predicted molar refractivity (Wildman–Crippen MR) is 89.5 cm³/mol. The van der Waals surface area contributed by atoms with Crippen LogP contribution in [0.2, 0.25) is 0 Å². The smallest absolute Gasteiger partial charge is 0.330 e. The third-order valence-corrected chi connectivity index (χ3v) is 3.43.